The number of thiophene rings is 1. The number of fused-ring (bicyclic) bond motifs is 1. The fraction of sp³-hybridized carbons (Fsp3) is 0.435. The number of carbonyl (C=O) groups excluding carboxylic acids is 1. The molecule has 0 unspecified atom stereocenters. The van der Waals surface area contributed by atoms with E-state index < -0.39 is 0 Å². The van der Waals surface area contributed by atoms with Crippen molar-refractivity contribution in [2.75, 3.05) is 18.4 Å². The molecule has 0 saturated carbocycles. The van der Waals surface area contributed by atoms with Crippen LogP contribution in [0.1, 0.15) is 35.8 Å². The summed E-state index contributed by atoms with van der Waals surface area (Å²) in [5, 5.41) is 8.29. The first-order valence-electron chi connectivity index (χ1n) is 10.6. The number of nitrogens with one attached hydrogen (secondary N) is 2. The van der Waals surface area contributed by atoms with Crippen molar-refractivity contribution in [3.63, 3.8) is 0 Å². The van der Waals surface area contributed by atoms with E-state index in [9.17, 15) is 4.79 Å². The quantitative estimate of drug-likeness (QED) is 0.568. The Morgan fingerprint density at radius 2 is 1.94 bits per heavy atom. The maximum Gasteiger partial charge on any atom is 0.242 e. The van der Waals surface area contributed by atoms with Crippen LogP contribution in [0, 0.1) is 13.8 Å². The lowest BCUT2D eigenvalue weighted by Gasteiger charge is -2.33. The van der Waals surface area contributed by atoms with Crippen molar-refractivity contribution in [1.29, 1.82) is 0 Å². The van der Waals surface area contributed by atoms with Crippen LogP contribution in [-0.2, 0) is 11.3 Å². The predicted molar refractivity (Wildman–Crippen MR) is 128 cm³/mol. The minimum Gasteiger partial charge on any atom is -0.358 e. The van der Waals surface area contributed by atoms with Crippen LogP contribution in [0.5, 0.6) is 0 Å². The molecule has 8 heteroatoms. The molecular weight excluding hydrogens is 430 g/mol. The van der Waals surface area contributed by atoms with Gasteiger partial charge in [-0.25, -0.2) is 9.97 Å². The van der Waals surface area contributed by atoms with Gasteiger partial charge >= 0.3 is 0 Å². The number of carbonyl (C=O) groups is 1. The van der Waals surface area contributed by atoms with Gasteiger partial charge in [0.25, 0.3) is 0 Å². The Morgan fingerprint density at radius 1 is 1.23 bits per heavy atom. The van der Waals surface area contributed by atoms with Crippen LogP contribution in [0.3, 0.4) is 0 Å². The fourth-order valence-corrected chi connectivity index (χ4v) is 5.09. The highest BCUT2D eigenvalue weighted by Crippen LogP contribution is 2.32. The number of halogens is 1. The van der Waals surface area contributed by atoms with E-state index in [1.54, 1.807) is 17.7 Å². The van der Waals surface area contributed by atoms with Crippen molar-refractivity contribution in [2.45, 2.75) is 52.2 Å². The molecule has 0 aliphatic carbocycles. The lowest BCUT2D eigenvalue weighted by molar-refractivity contribution is -0.122. The number of hydrogen-bond acceptors (Lipinski definition) is 6. The third-order valence-electron chi connectivity index (χ3n) is 5.97. The number of aryl methyl sites for hydroxylation is 2. The number of nitrogens with zero attached hydrogens (tertiary/aromatic N) is 3. The summed E-state index contributed by atoms with van der Waals surface area (Å²) in [5.41, 5.74) is 2.43. The van der Waals surface area contributed by atoms with Gasteiger partial charge in [-0.05, 0) is 56.9 Å². The van der Waals surface area contributed by atoms with Crippen LogP contribution < -0.4 is 10.6 Å². The van der Waals surface area contributed by atoms with E-state index in [0.717, 1.165) is 53.5 Å². The number of benzene rings is 1. The minimum absolute atomic E-state index is 0.00696. The summed E-state index contributed by atoms with van der Waals surface area (Å²) in [5.74, 6) is 0.736. The van der Waals surface area contributed by atoms with Crippen molar-refractivity contribution in [3.8, 4) is 0 Å². The predicted octanol–water partition coefficient (Wildman–Crippen LogP) is 4.54. The van der Waals surface area contributed by atoms with Gasteiger partial charge in [0.05, 0.1) is 5.39 Å². The summed E-state index contributed by atoms with van der Waals surface area (Å²) in [6, 6.07) is 7.85. The normalized spacial score (nSPS) is 16.4. The Hall–Kier alpha value is -2.22. The number of amides is 1. The zero-order chi connectivity index (χ0) is 22.0. The van der Waals surface area contributed by atoms with Crippen LogP contribution in [-0.4, -0.2) is 45.9 Å². The molecule has 1 aliphatic rings. The monoisotopic (exact) mass is 457 g/mol. The number of aromatic nitrogens is 2. The summed E-state index contributed by atoms with van der Waals surface area (Å²) in [4.78, 5) is 26.2. The maximum atomic E-state index is 12.8. The second-order valence-corrected chi connectivity index (χ2v) is 9.88. The van der Waals surface area contributed by atoms with Gasteiger partial charge in [0, 0.05) is 35.6 Å². The van der Waals surface area contributed by atoms with Crippen molar-refractivity contribution >= 4 is 44.9 Å². The van der Waals surface area contributed by atoms with E-state index in [2.05, 4.69) is 51.5 Å². The SMILES string of the molecule is Cc1sc2ncnc(N[C@H](C)C(=O)NC3CCN(Cc4ccc(Cl)cc4)CC3)c2c1C. The highest BCUT2D eigenvalue weighted by molar-refractivity contribution is 7.18. The molecule has 1 aliphatic heterocycles. The molecule has 0 spiro atoms. The zero-order valence-corrected chi connectivity index (χ0v) is 19.7. The summed E-state index contributed by atoms with van der Waals surface area (Å²) in [6.45, 7) is 8.89. The standard InChI is InChI=1S/C23H28ClN5OS/c1-14-16(3)31-23-20(14)21(25-13-26-23)27-15(2)22(30)28-19-8-10-29(11-9-19)12-17-4-6-18(24)7-5-17/h4-7,13,15,19H,8-12H2,1-3H3,(H,28,30)(H,25,26,27)/t15-/m1/s1. The van der Waals surface area contributed by atoms with Crippen LogP contribution in [0.4, 0.5) is 5.82 Å². The van der Waals surface area contributed by atoms with Gasteiger partial charge in [0.15, 0.2) is 0 Å². The Bertz CT molecular complexity index is 1060. The summed E-state index contributed by atoms with van der Waals surface area (Å²) < 4.78 is 0. The van der Waals surface area contributed by atoms with Crippen molar-refractivity contribution in [1.82, 2.24) is 20.2 Å². The fourth-order valence-electron chi connectivity index (χ4n) is 3.97. The molecule has 6 nitrogen and oxygen atoms in total. The maximum absolute atomic E-state index is 12.8. The first kappa shape index (κ1) is 22.0. The van der Waals surface area contributed by atoms with Gasteiger partial charge < -0.3 is 10.6 Å². The van der Waals surface area contributed by atoms with Crippen molar-refractivity contribution in [3.05, 3.63) is 51.6 Å². The van der Waals surface area contributed by atoms with E-state index in [4.69, 9.17) is 11.6 Å². The Balaban J connectivity index is 1.29. The van der Waals surface area contributed by atoms with Gasteiger partial charge in [-0.1, -0.05) is 23.7 Å². The van der Waals surface area contributed by atoms with Gasteiger partial charge in [-0.15, -0.1) is 11.3 Å². The van der Waals surface area contributed by atoms with Crippen LogP contribution in [0.15, 0.2) is 30.6 Å². The van der Waals surface area contributed by atoms with Crippen LogP contribution in [0.25, 0.3) is 10.2 Å². The first-order chi connectivity index (χ1) is 14.9. The molecule has 2 aromatic heterocycles. The summed E-state index contributed by atoms with van der Waals surface area (Å²) in [7, 11) is 0. The molecule has 2 N–H and O–H groups in total. The average molecular weight is 458 g/mol. The topological polar surface area (TPSA) is 70.1 Å². The molecule has 164 valence electrons. The number of hydrogen-bond donors (Lipinski definition) is 2. The molecule has 1 aromatic carbocycles. The molecule has 1 amide bonds. The molecule has 4 rings (SSSR count). The van der Waals surface area contributed by atoms with Crippen molar-refractivity contribution in [2.24, 2.45) is 0 Å². The minimum atomic E-state index is -0.371. The van der Waals surface area contributed by atoms with E-state index in [-0.39, 0.29) is 18.0 Å². The largest absolute Gasteiger partial charge is 0.358 e. The average Bonchev–Trinajstić information content (AvgIpc) is 3.05. The molecule has 1 fully saturated rings. The van der Waals surface area contributed by atoms with Gasteiger partial charge in [-0.3, -0.25) is 9.69 Å². The lowest BCUT2D eigenvalue weighted by atomic mass is 10.0. The van der Waals surface area contributed by atoms with E-state index in [1.807, 2.05) is 19.1 Å². The van der Waals surface area contributed by atoms with E-state index in [0.29, 0.717) is 0 Å². The Morgan fingerprint density at radius 3 is 2.65 bits per heavy atom. The molecule has 0 radical (unpaired) electrons. The van der Waals surface area contributed by atoms with Gasteiger partial charge in [0.1, 0.15) is 23.0 Å². The van der Waals surface area contributed by atoms with Crippen LogP contribution >= 0.6 is 22.9 Å². The van der Waals surface area contributed by atoms with E-state index in [1.165, 1.54) is 16.0 Å². The number of likely N-dealkylation sites (tertiary alicyclic amines) is 1. The van der Waals surface area contributed by atoms with Gasteiger partial charge in [-0.2, -0.15) is 0 Å². The number of piperidine rings is 1. The summed E-state index contributed by atoms with van der Waals surface area (Å²) in [6.07, 6.45) is 3.46. The second-order valence-electron chi connectivity index (χ2n) is 8.24. The summed E-state index contributed by atoms with van der Waals surface area (Å²) >= 11 is 7.63. The second kappa shape index (κ2) is 9.51. The first-order valence-corrected chi connectivity index (χ1v) is 11.8. The Kier molecular flexibility index (Phi) is 6.74. The van der Waals surface area contributed by atoms with Crippen molar-refractivity contribution < 1.29 is 4.79 Å². The molecule has 3 heterocycles. The smallest absolute Gasteiger partial charge is 0.242 e. The highest BCUT2D eigenvalue weighted by atomic mass is 35.5. The molecule has 3 aromatic rings. The number of rotatable bonds is 6. The Labute approximate surface area is 192 Å². The molecule has 0 bridgehead atoms. The number of anilines is 1. The molecule has 1 saturated heterocycles. The molecular formula is C23H28ClN5OS. The highest BCUT2D eigenvalue weighted by Gasteiger charge is 2.24. The molecule has 1 atom stereocenters. The zero-order valence-electron chi connectivity index (χ0n) is 18.1. The third kappa shape index (κ3) is 5.17. The lowest BCUT2D eigenvalue weighted by Crippen LogP contribution is -2.48. The molecule has 31 heavy (non-hydrogen) atoms. The van der Waals surface area contributed by atoms with Gasteiger partial charge in [0.2, 0.25) is 5.91 Å². The van der Waals surface area contributed by atoms with Crippen LogP contribution in [0.2, 0.25) is 5.02 Å². The van der Waals surface area contributed by atoms with E-state index >= 15 is 0 Å². The third-order valence-corrected chi connectivity index (χ3v) is 7.33.